The van der Waals surface area contributed by atoms with Crippen LogP contribution < -0.4 is 0 Å². The number of hydrogen-bond donors (Lipinski definition) is 2. The third kappa shape index (κ3) is 3.50. The number of nitrogens with zero attached hydrogens (tertiary/aromatic N) is 2. The zero-order valence-electron chi connectivity index (χ0n) is 14.0. The first-order valence-electron chi connectivity index (χ1n) is 7.73. The molecule has 0 unspecified atom stereocenters. The second-order valence-corrected chi connectivity index (χ2v) is 7.45. The van der Waals surface area contributed by atoms with Crippen LogP contribution in [0.15, 0.2) is 48.5 Å². The molecule has 1 aromatic heterocycles. The molecule has 2 N–H and O–H groups in total. The quantitative estimate of drug-likeness (QED) is 0.697. The average Bonchev–Trinajstić information content (AvgIpc) is 2.91. The standard InChI is InChI=1S/C18H21N2O3P/c1-18(2,3)14-10-8-13(9-11-14)17-19-15-6-4-5-7-16(15)20(17)12-23-24(21)22/h4-11,21-22H,12H2,1-3H3. The highest BCUT2D eigenvalue weighted by Gasteiger charge is 2.16. The Morgan fingerprint density at radius 2 is 1.71 bits per heavy atom. The Morgan fingerprint density at radius 3 is 2.33 bits per heavy atom. The van der Waals surface area contributed by atoms with Gasteiger partial charge in [-0.2, -0.15) is 0 Å². The average molecular weight is 344 g/mol. The number of rotatable bonds is 4. The fourth-order valence-electron chi connectivity index (χ4n) is 2.66. The lowest BCUT2D eigenvalue weighted by atomic mass is 9.87. The largest absolute Gasteiger partial charge is 0.328 e. The molecule has 3 aromatic rings. The van der Waals surface area contributed by atoms with Crippen LogP contribution in [0.3, 0.4) is 0 Å². The summed E-state index contributed by atoms with van der Waals surface area (Å²) in [5.41, 5.74) is 4.04. The number of benzene rings is 2. The Hall–Kier alpha value is -1.78. The fourth-order valence-corrected chi connectivity index (χ4v) is 2.87. The summed E-state index contributed by atoms with van der Waals surface area (Å²) < 4.78 is 6.88. The van der Waals surface area contributed by atoms with E-state index in [0.717, 1.165) is 22.4 Å². The van der Waals surface area contributed by atoms with E-state index in [1.807, 2.05) is 41.0 Å². The Bertz CT molecular complexity index is 836. The molecule has 6 heteroatoms. The molecular formula is C18H21N2O3P. The zero-order valence-corrected chi connectivity index (χ0v) is 14.9. The van der Waals surface area contributed by atoms with Crippen molar-refractivity contribution < 1.29 is 14.3 Å². The number of fused-ring (bicyclic) bond motifs is 1. The van der Waals surface area contributed by atoms with Crippen LogP contribution in [-0.2, 0) is 16.7 Å². The molecule has 0 aliphatic heterocycles. The highest BCUT2D eigenvalue weighted by Crippen LogP contribution is 2.31. The normalized spacial score (nSPS) is 12.2. The van der Waals surface area contributed by atoms with Gasteiger partial charge in [0.2, 0.25) is 0 Å². The van der Waals surface area contributed by atoms with Gasteiger partial charge in [0, 0.05) is 5.56 Å². The van der Waals surface area contributed by atoms with Crippen molar-refractivity contribution in [3.63, 3.8) is 0 Å². The van der Waals surface area contributed by atoms with Crippen molar-refractivity contribution in [1.29, 1.82) is 0 Å². The first-order valence-corrected chi connectivity index (χ1v) is 8.90. The van der Waals surface area contributed by atoms with Gasteiger partial charge in [-0.1, -0.05) is 57.2 Å². The van der Waals surface area contributed by atoms with E-state index in [2.05, 4.69) is 37.9 Å². The van der Waals surface area contributed by atoms with Crippen LogP contribution in [0.5, 0.6) is 0 Å². The lowest BCUT2D eigenvalue weighted by Gasteiger charge is -2.19. The second-order valence-electron chi connectivity index (χ2n) is 6.69. The van der Waals surface area contributed by atoms with Crippen LogP contribution >= 0.6 is 8.60 Å². The minimum Gasteiger partial charge on any atom is -0.328 e. The van der Waals surface area contributed by atoms with E-state index in [1.54, 1.807) is 0 Å². The molecule has 5 nitrogen and oxygen atoms in total. The summed E-state index contributed by atoms with van der Waals surface area (Å²) in [5, 5.41) is 0. The molecule has 0 spiro atoms. The van der Waals surface area contributed by atoms with Gasteiger partial charge in [0.25, 0.3) is 0 Å². The molecule has 24 heavy (non-hydrogen) atoms. The van der Waals surface area contributed by atoms with Crippen molar-refractivity contribution in [3.05, 3.63) is 54.1 Å². The molecule has 0 fully saturated rings. The number of imidazole rings is 1. The van der Waals surface area contributed by atoms with Gasteiger partial charge in [-0.05, 0) is 23.1 Å². The second kappa shape index (κ2) is 6.61. The summed E-state index contributed by atoms with van der Waals surface area (Å²) >= 11 is 0. The van der Waals surface area contributed by atoms with Crippen LogP contribution in [-0.4, -0.2) is 19.3 Å². The van der Waals surface area contributed by atoms with E-state index in [0.29, 0.717) is 0 Å². The van der Waals surface area contributed by atoms with E-state index < -0.39 is 8.60 Å². The molecule has 1 heterocycles. The third-order valence-corrected chi connectivity index (χ3v) is 4.31. The fraction of sp³-hybridized carbons (Fsp3) is 0.278. The molecule has 0 amide bonds. The van der Waals surface area contributed by atoms with E-state index in [4.69, 9.17) is 14.3 Å². The highest BCUT2D eigenvalue weighted by molar-refractivity contribution is 7.39. The Labute approximate surface area is 142 Å². The van der Waals surface area contributed by atoms with E-state index in [-0.39, 0.29) is 12.1 Å². The summed E-state index contributed by atoms with van der Waals surface area (Å²) in [6.45, 7) is 6.57. The maximum Gasteiger partial charge on any atom is 0.328 e. The van der Waals surface area contributed by atoms with Gasteiger partial charge in [-0.3, -0.25) is 9.09 Å². The zero-order chi connectivity index (χ0) is 17.3. The Balaban J connectivity index is 2.06. The van der Waals surface area contributed by atoms with Crippen LogP contribution in [0.2, 0.25) is 0 Å². The van der Waals surface area contributed by atoms with Crippen molar-refractivity contribution in [1.82, 2.24) is 9.55 Å². The molecule has 0 bridgehead atoms. The lowest BCUT2D eigenvalue weighted by Crippen LogP contribution is -2.10. The molecule has 0 radical (unpaired) electrons. The number of para-hydroxylation sites is 2. The minimum atomic E-state index is -2.41. The van der Waals surface area contributed by atoms with Crippen molar-refractivity contribution >= 4 is 19.6 Å². The van der Waals surface area contributed by atoms with Gasteiger partial charge in [0.1, 0.15) is 12.6 Å². The van der Waals surface area contributed by atoms with Gasteiger partial charge in [-0.15, -0.1) is 0 Å². The summed E-state index contributed by atoms with van der Waals surface area (Å²) in [6, 6.07) is 16.0. The molecule has 0 atom stereocenters. The van der Waals surface area contributed by atoms with Crippen molar-refractivity contribution in [2.75, 3.05) is 0 Å². The van der Waals surface area contributed by atoms with Crippen molar-refractivity contribution in [2.24, 2.45) is 0 Å². The van der Waals surface area contributed by atoms with Gasteiger partial charge >= 0.3 is 8.60 Å². The molecule has 0 saturated carbocycles. The van der Waals surface area contributed by atoms with E-state index >= 15 is 0 Å². The van der Waals surface area contributed by atoms with Gasteiger partial charge < -0.3 is 9.79 Å². The van der Waals surface area contributed by atoms with E-state index in [9.17, 15) is 0 Å². The predicted octanol–water partition coefficient (Wildman–Crippen LogP) is 4.19. The predicted molar refractivity (Wildman–Crippen MR) is 96.3 cm³/mol. The van der Waals surface area contributed by atoms with Crippen LogP contribution in [0.4, 0.5) is 0 Å². The van der Waals surface area contributed by atoms with Gasteiger partial charge in [0.15, 0.2) is 0 Å². The molecule has 2 aromatic carbocycles. The number of aromatic nitrogens is 2. The first kappa shape index (κ1) is 17.1. The molecule has 0 aliphatic rings. The van der Waals surface area contributed by atoms with Crippen LogP contribution in [0.25, 0.3) is 22.4 Å². The highest BCUT2D eigenvalue weighted by atomic mass is 31.2. The molecule has 0 saturated heterocycles. The molecule has 126 valence electrons. The van der Waals surface area contributed by atoms with Crippen molar-refractivity contribution in [3.8, 4) is 11.4 Å². The maximum atomic E-state index is 9.08. The summed E-state index contributed by atoms with van der Waals surface area (Å²) in [5.74, 6) is 0.744. The Kier molecular flexibility index (Phi) is 4.70. The maximum absolute atomic E-state index is 9.08. The summed E-state index contributed by atoms with van der Waals surface area (Å²) in [6.07, 6.45) is 0. The SMILES string of the molecule is CC(C)(C)c1ccc(-c2nc3ccccc3n2COP(O)O)cc1. The van der Waals surface area contributed by atoms with E-state index in [1.165, 1.54) is 5.56 Å². The number of hydrogen-bond acceptors (Lipinski definition) is 4. The molecule has 0 aliphatic carbocycles. The topological polar surface area (TPSA) is 67.5 Å². The lowest BCUT2D eigenvalue weighted by molar-refractivity contribution is 0.202. The van der Waals surface area contributed by atoms with Gasteiger partial charge in [-0.25, -0.2) is 4.98 Å². The summed E-state index contributed by atoms with van der Waals surface area (Å²) in [7, 11) is -2.41. The third-order valence-electron chi connectivity index (χ3n) is 3.97. The van der Waals surface area contributed by atoms with Crippen LogP contribution in [0.1, 0.15) is 26.3 Å². The smallest absolute Gasteiger partial charge is 0.328 e. The Morgan fingerprint density at radius 1 is 1.04 bits per heavy atom. The van der Waals surface area contributed by atoms with Gasteiger partial charge in [0.05, 0.1) is 11.0 Å². The molecular weight excluding hydrogens is 323 g/mol. The first-order chi connectivity index (χ1) is 11.4. The molecule has 3 rings (SSSR count). The van der Waals surface area contributed by atoms with Crippen LogP contribution in [0, 0.1) is 0 Å². The minimum absolute atomic E-state index is 0.0373. The summed E-state index contributed by atoms with van der Waals surface area (Å²) in [4.78, 5) is 22.8. The monoisotopic (exact) mass is 344 g/mol. The van der Waals surface area contributed by atoms with Crippen molar-refractivity contribution in [2.45, 2.75) is 32.9 Å².